The van der Waals surface area contributed by atoms with Crippen molar-refractivity contribution >= 4 is 27.5 Å². The van der Waals surface area contributed by atoms with Crippen molar-refractivity contribution < 1.29 is 17.9 Å². The minimum Gasteiger partial charge on any atom is -0.497 e. The summed E-state index contributed by atoms with van der Waals surface area (Å²) < 4.78 is 34.1. The fourth-order valence-corrected chi connectivity index (χ4v) is 4.56. The van der Waals surface area contributed by atoms with Crippen LogP contribution in [0.5, 0.6) is 5.75 Å². The van der Waals surface area contributed by atoms with Crippen LogP contribution in [-0.4, -0.2) is 33.8 Å². The molecule has 0 saturated carbocycles. The number of ether oxygens (including phenoxy) is 1. The summed E-state index contributed by atoms with van der Waals surface area (Å²) in [5, 5.41) is 2.91. The Bertz CT molecular complexity index is 1050. The molecule has 2 aromatic carbocycles. The lowest BCUT2D eigenvalue weighted by Crippen LogP contribution is -2.35. The number of sulfonamides is 1. The normalized spacial score (nSPS) is 15.9. The van der Waals surface area contributed by atoms with Gasteiger partial charge in [-0.1, -0.05) is 19.1 Å². The van der Waals surface area contributed by atoms with Gasteiger partial charge in [-0.15, -0.1) is 4.40 Å². The number of methoxy groups -OCH3 is 1. The average Bonchev–Trinajstić information content (AvgIpc) is 2.70. The van der Waals surface area contributed by atoms with Gasteiger partial charge >= 0.3 is 0 Å². The number of nitrogens with one attached hydrogen (secondary N) is 1. The second-order valence-electron chi connectivity index (χ2n) is 6.92. The molecule has 2 aromatic rings. The highest BCUT2D eigenvalue weighted by Crippen LogP contribution is 2.32. The third-order valence-electron chi connectivity index (χ3n) is 4.84. The highest BCUT2D eigenvalue weighted by atomic mass is 32.2. The fourth-order valence-electron chi connectivity index (χ4n) is 3.29. The molecule has 154 valence electrons. The highest BCUT2D eigenvalue weighted by Gasteiger charge is 2.29. The molecular weight excluding hydrogens is 390 g/mol. The predicted octanol–water partition coefficient (Wildman–Crippen LogP) is 3.52. The van der Waals surface area contributed by atoms with Gasteiger partial charge in [0.25, 0.3) is 15.9 Å². The molecule has 29 heavy (non-hydrogen) atoms. The van der Waals surface area contributed by atoms with Crippen LogP contribution in [0, 0.1) is 0 Å². The lowest BCUT2D eigenvalue weighted by atomic mass is 10.1. The van der Waals surface area contributed by atoms with Gasteiger partial charge in [0.2, 0.25) is 0 Å². The summed E-state index contributed by atoms with van der Waals surface area (Å²) in [6.07, 6.45) is 0.841. The van der Waals surface area contributed by atoms with Crippen molar-refractivity contribution in [3.05, 3.63) is 53.6 Å². The highest BCUT2D eigenvalue weighted by molar-refractivity contribution is 7.90. The first kappa shape index (κ1) is 20.9. The van der Waals surface area contributed by atoms with Crippen molar-refractivity contribution in [3.8, 4) is 5.75 Å². The number of fused-ring (bicyclic) bond motifs is 1. The van der Waals surface area contributed by atoms with E-state index in [0.29, 0.717) is 18.1 Å². The van der Waals surface area contributed by atoms with Crippen molar-refractivity contribution in [2.45, 2.75) is 38.1 Å². The molecule has 1 N–H and O–H groups in total. The van der Waals surface area contributed by atoms with Crippen LogP contribution in [0.2, 0.25) is 0 Å². The number of amidine groups is 1. The Morgan fingerprint density at radius 1 is 1.21 bits per heavy atom. The summed E-state index contributed by atoms with van der Waals surface area (Å²) in [5.41, 5.74) is 1.75. The van der Waals surface area contributed by atoms with Crippen LogP contribution >= 0.6 is 0 Å². The molecule has 8 heteroatoms. The van der Waals surface area contributed by atoms with Crippen LogP contribution < -0.4 is 15.0 Å². The van der Waals surface area contributed by atoms with E-state index in [0.717, 1.165) is 17.7 Å². The van der Waals surface area contributed by atoms with Crippen LogP contribution in [-0.2, 0) is 10.0 Å². The molecule has 1 amide bonds. The zero-order valence-electron chi connectivity index (χ0n) is 17.0. The van der Waals surface area contributed by atoms with Crippen LogP contribution in [0.1, 0.15) is 49.2 Å². The first-order chi connectivity index (χ1) is 13.8. The molecule has 1 atom stereocenters. The Morgan fingerprint density at radius 2 is 1.90 bits per heavy atom. The van der Waals surface area contributed by atoms with E-state index in [4.69, 9.17) is 4.74 Å². The summed E-state index contributed by atoms with van der Waals surface area (Å²) in [6, 6.07) is 11.9. The van der Waals surface area contributed by atoms with Crippen molar-refractivity contribution in [3.63, 3.8) is 0 Å². The number of nitrogens with zero attached hydrogens (tertiary/aromatic N) is 2. The summed E-state index contributed by atoms with van der Waals surface area (Å²) in [6.45, 7) is 6.20. The molecule has 0 aliphatic carbocycles. The van der Waals surface area contributed by atoms with Crippen molar-refractivity contribution in [2.24, 2.45) is 4.40 Å². The molecule has 0 aromatic heterocycles. The third kappa shape index (κ3) is 4.27. The molecule has 0 radical (unpaired) electrons. The van der Waals surface area contributed by atoms with Crippen molar-refractivity contribution in [2.75, 3.05) is 18.6 Å². The Kier molecular flexibility index (Phi) is 5.93. The van der Waals surface area contributed by atoms with Gasteiger partial charge in [0.15, 0.2) is 0 Å². The van der Waals surface area contributed by atoms with Gasteiger partial charge in [0.05, 0.1) is 18.8 Å². The molecule has 1 aliphatic rings. The van der Waals surface area contributed by atoms with Gasteiger partial charge in [-0.2, -0.15) is 8.42 Å². The van der Waals surface area contributed by atoms with Crippen LogP contribution in [0.15, 0.2) is 51.8 Å². The Hall–Kier alpha value is -2.87. The molecule has 1 aliphatic heterocycles. The molecule has 0 fully saturated rings. The average molecular weight is 416 g/mol. The van der Waals surface area contributed by atoms with Crippen LogP contribution in [0.4, 0.5) is 5.69 Å². The summed E-state index contributed by atoms with van der Waals surface area (Å²) in [4.78, 5) is 14.7. The summed E-state index contributed by atoms with van der Waals surface area (Å²) in [7, 11) is -2.24. The summed E-state index contributed by atoms with van der Waals surface area (Å²) in [5.74, 6) is 0.823. The predicted molar refractivity (Wildman–Crippen MR) is 113 cm³/mol. The maximum absolute atomic E-state index is 12.7. The van der Waals surface area contributed by atoms with Crippen molar-refractivity contribution in [1.29, 1.82) is 0 Å². The SMILES string of the molecule is CCCN1C(C)=NS(=O)(=O)c2cc(C(=O)N[C@H](C)c3ccc(OC)cc3)ccc21. The van der Waals surface area contributed by atoms with E-state index >= 15 is 0 Å². The topological polar surface area (TPSA) is 88.1 Å². The van der Waals surface area contributed by atoms with Crippen LogP contribution in [0.3, 0.4) is 0 Å². The van der Waals surface area contributed by atoms with Gasteiger partial charge in [0.1, 0.15) is 16.5 Å². The number of carbonyl (C=O) groups is 1. The molecule has 0 saturated heterocycles. The van der Waals surface area contributed by atoms with E-state index in [1.54, 1.807) is 26.2 Å². The largest absolute Gasteiger partial charge is 0.497 e. The number of benzene rings is 2. The maximum atomic E-state index is 12.7. The van der Waals surface area contributed by atoms with Crippen LogP contribution in [0.25, 0.3) is 0 Å². The number of carbonyl (C=O) groups excluding carboxylic acids is 1. The van der Waals surface area contributed by atoms with E-state index in [2.05, 4.69) is 9.71 Å². The number of amides is 1. The quantitative estimate of drug-likeness (QED) is 0.780. The fraction of sp³-hybridized carbons (Fsp3) is 0.333. The monoisotopic (exact) mass is 415 g/mol. The number of hydrogen-bond donors (Lipinski definition) is 1. The van der Waals surface area contributed by atoms with E-state index < -0.39 is 10.0 Å². The Labute approximate surface area is 171 Å². The zero-order chi connectivity index (χ0) is 21.2. The Balaban J connectivity index is 1.86. The van der Waals surface area contributed by atoms with Gasteiger partial charge in [-0.05, 0) is 56.2 Å². The standard InChI is InChI=1S/C21H25N3O4S/c1-5-12-24-15(3)23-29(26,27)20-13-17(8-11-19(20)24)21(25)22-14(2)16-6-9-18(28-4)10-7-16/h6-11,13-14H,5,12H2,1-4H3,(H,22,25)/t14-/m1/s1. The Morgan fingerprint density at radius 3 is 2.52 bits per heavy atom. The number of rotatable bonds is 6. The van der Waals surface area contributed by atoms with Gasteiger partial charge < -0.3 is 15.0 Å². The lowest BCUT2D eigenvalue weighted by molar-refractivity contribution is 0.0939. The molecule has 1 heterocycles. The molecular formula is C21H25N3O4S. The maximum Gasteiger partial charge on any atom is 0.286 e. The van der Waals surface area contributed by atoms with Gasteiger partial charge in [0, 0.05) is 12.1 Å². The van der Waals surface area contributed by atoms with E-state index in [9.17, 15) is 13.2 Å². The third-order valence-corrected chi connectivity index (χ3v) is 6.23. The molecule has 0 unspecified atom stereocenters. The number of hydrogen-bond acceptors (Lipinski definition) is 5. The van der Waals surface area contributed by atoms with Gasteiger partial charge in [-0.3, -0.25) is 4.79 Å². The van der Waals surface area contributed by atoms with E-state index in [1.165, 1.54) is 6.07 Å². The first-order valence-electron chi connectivity index (χ1n) is 9.44. The zero-order valence-corrected chi connectivity index (χ0v) is 17.8. The molecule has 7 nitrogen and oxygen atoms in total. The lowest BCUT2D eigenvalue weighted by Gasteiger charge is -2.29. The van der Waals surface area contributed by atoms with E-state index in [-0.39, 0.29) is 22.4 Å². The molecule has 0 bridgehead atoms. The first-order valence-corrected chi connectivity index (χ1v) is 10.9. The summed E-state index contributed by atoms with van der Waals surface area (Å²) >= 11 is 0. The second-order valence-corrected chi connectivity index (χ2v) is 8.49. The van der Waals surface area contributed by atoms with E-state index in [1.807, 2.05) is 43.0 Å². The second kappa shape index (κ2) is 8.24. The number of anilines is 1. The molecule has 0 spiro atoms. The van der Waals surface area contributed by atoms with Gasteiger partial charge in [-0.25, -0.2) is 0 Å². The minimum atomic E-state index is -3.83. The molecule has 3 rings (SSSR count). The minimum absolute atomic E-state index is 0.0568. The smallest absolute Gasteiger partial charge is 0.286 e. The van der Waals surface area contributed by atoms with Crippen molar-refractivity contribution in [1.82, 2.24) is 5.32 Å².